The van der Waals surface area contributed by atoms with E-state index < -0.39 is 11.9 Å². The molecular weight excluding hydrogens is 355 g/mol. The van der Waals surface area contributed by atoms with Gasteiger partial charge in [-0.05, 0) is 36.8 Å². The Morgan fingerprint density at radius 2 is 1.92 bits per heavy atom. The summed E-state index contributed by atoms with van der Waals surface area (Å²) in [6, 6.07) is 9.17. The van der Waals surface area contributed by atoms with Gasteiger partial charge in [0.15, 0.2) is 0 Å². The Bertz CT molecular complexity index is 753. The Morgan fingerprint density at radius 1 is 1.17 bits per heavy atom. The number of pyridine rings is 1. The van der Waals surface area contributed by atoms with Crippen molar-refractivity contribution in [2.45, 2.75) is 6.42 Å². The van der Waals surface area contributed by atoms with E-state index >= 15 is 0 Å². The molecule has 0 atom stereocenters. The Labute approximate surface area is 148 Å². The number of nitrogens with one attached hydrogen (secondary N) is 1. The molecule has 0 bridgehead atoms. The van der Waals surface area contributed by atoms with Gasteiger partial charge in [-0.1, -0.05) is 29.3 Å². The number of benzene rings is 1. The van der Waals surface area contributed by atoms with Crippen molar-refractivity contribution >= 4 is 35.1 Å². The maximum Gasteiger partial charge on any atom is 0.354 e. The molecule has 0 radical (unpaired) electrons. The topological polar surface area (TPSA) is 88.5 Å². The van der Waals surface area contributed by atoms with Crippen molar-refractivity contribution in [3.8, 4) is 5.75 Å². The quantitative estimate of drug-likeness (QED) is 0.732. The summed E-state index contributed by atoms with van der Waals surface area (Å²) in [4.78, 5) is 26.5. The van der Waals surface area contributed by atoms with E-state index in [0.29, 0.717) is 35.4 Å². The molecule has 24 heavy (non-hydrogen) atoms. The standard InChI is InChI=1S/C16H14Cl2N2O4/c17-10-5-6-14(11(18)9-10)24-8-2-7-19-15(21)12-3-1-4-13(20-12)16(22)23/h1,3-6,9H,2,7-8H2,(H,19,21)(H,22,23). The molecule has 0 saturated heterocycles. The molecule has 0 saturated carbocycles. The fourth-order valence-electron chi connectivity index (χ4n) is 1.82. The molecule has 2 rings (SSSR count). The first-order valence-corrected chi connectivity index (χ1v) is 7.79. The number of carbonyl (C=O) groups is 2. The van der Waals surface area contributed by atoms with Gasteiger partial charge in [0.05, 0.1) is 11.6 Å². The third kappa shape index (κ3) is 5.11. The van der Waals surface area contributed by atoms with Crippen molar-refractivity contribution < 1.29 is 19.4 Å². The van der Waals surface area contributed by atoms with Gasteiger partial charge in [0.1, 0.15) is 17.1 Å². The van der Waals surface area contributed by atoms with E-state index in [1.165, 1.54) is 18.2 Å². The Balaban J connectivity index is 1.77. The lowest BCUT2D eigenvalue weighted by atomic mass is 10.3. The first kappa shape index (κ1) is 18.0. The summed E-state index contributed by atoms with van der Waals surface area (Å²) in [6.45, 7) is 0.702. The van der Waals surface area contributed by atoms with Crippen LogP contribution in [0.15, 0.2) is 36.4 Å². The van der Waals surface area contributed by atoms with Crippen LogP contribution in [-0.4, -0.2) is 35.1 Å². The molecule has 8 heteroatoms. The molecule has 0 aliphatic carbocycles. The van der Waals surface area contributed by atoms with Crippen molar-refractivity contribution in [1.82, 2.24) is 10.3 Å². The number of nitrogens with zero attached hydrogens (tertiary/aromatic N) is 1. The normalized spacial score (nSPS) is 10.2. The molecule has 6 nitrogen and oxygen atoms in total. The summed E-state index contributed by atoms with van der Waals surface area (Å²) in [5.41, 5.74) is -0.125. The number of ether oxygens (including phenoxy) is 1. The highest BCUT2D eigenvalue weighted by Crippen LogP contribution is 2.27. The largest absolute Gasteiger partial charge is 0.492 e. The van der Waals surface area contributed by atoms with Crippen LogP contribution in [0.25, 0.3) is 0 Å². The summed E-state index contributed by atoms with van der Waals surface area (Å²) >= 11 is 11.8. The molecule has 1 amide bonds. The molecular formula is C16H14Cl2N2O4. The van der Waals surface area contributed by atoms with Crippen LogP contribution in [0.1, 0.15) is 27.4 Å². The lowest BCUT2D eigenvalue weighted by Crippen LogP contribution is -2.26. The Kier molecular flexibility index (Phi) is 6.40. The molecule has 0 spiro atoms. The van der Waals surface area contributed by atoms with Crippen LogP contribution in [-0.2, 0) is 0 Å². The summed E-state index contributed by atoms with van der Waals surface area (Å²) < 4.78 is 5.49. The van der Waals surface area contributed by atoms with Crippen LogP contribution in [0.2, 0.25) is 10.0 Å². The van der Waals surface area contributed by atoms with Crippen LogP contribution >= 0.6 is 23.2 Å². The molecule has 1 aromatic heterocycles. The fourth-order valence-corrected chi connectivity index (χ4v) is 2.28. The zero-order valence-electron chi connectivity index (χ0n) is 12.5. The first-order valence-electron chi connectivity index (χ1n) is 7.04. The van der Waals surface area contributed by atoms with Crippen LogP contribution < -0.4 is 10.1 Å². The molecule has 126 valence electrons. The summed E-state index contributed by atoms with van der Waals surface area (Å²) in [7, 11) is 0. The van der Waals surface area contributed by atoms with Crippen molar-refractivity contribution in [3.05, 3.63) is 57.8 Å². The van der Waals surface area contributed by atoms with Gasteiger partial charge in [0.25, 0.3) is 5.91 Å². The minimum atomic E-state index is -1.18. The van der Waals surface area contributed by atoms with E-state index in [-0.39, 0.29) is 11.4 Å². The van der Waals surface area contributed by atoms with Gasteiger partial charge in [-0.3, -0.25) is 4.79 Å². The van der Waals surface area contributed by atoms with E-state index in [9.17, 15) is 9.59 Å². The molecule has 2 aromatic rings. The van der Waals surface area contributed by atoms with Gasteiger partial charge < -0.3 is 15.2 Å². The van der Waals surface area contributed by atoms with E-state index in [1.54, 1.807) is 18.2 Å². The average Bonchev–Trinajstić information content (AvgIpc) is 2.56. The zero-order valence-corrected chi connectivity index (χ0v) is 14.0. The molecule has 0 aliphatic heterocycles. The number of carbonyl (C=O) groups excluding carboxylic acids is 1. The minimum Gasteiger partial charge on any atom is -0.492 e. The predicted octanol–water partition coefficient (Wildman–Crippen LogP) is 3.29. The number of carboxylic acids is 1. The molecule has 1 heterocycles. The van der Waals surface area contributed by atoms with Gasteiger partial charge in [0.2, 0.25) is 0 Å². The van der Waals surface area contributed by atoms with Crippen LogP contribution in [0.5, 0.6) is 5.75 Å². The van der Waals surface area contributed by atoms with E-state index in [2.05, 4.69) is 10.3 Å². The number of halogens is 2. The van der Waals surface area contributed by atoms with Crippen LogP contribution in [0.4, 0.5) is 0 Å². The summed E-state index contributed by atoms with van der Waals surface area (Å²) in [5, 5.41) is 12.4. The van der Waals surface area contributed by atoms with Crippen molar-refractivity contribution in [2.75, 3.05) is 13.2 Å². The van der Waals surface area contributed by atoms with Gasteiger partial charge in [-0.2, -0.15) is 0 Å². The average molecular weight is 369 g/mol. The summed E-state index contributed by atoms with van der Waals surface area (Å²) in [5.74, 6) is -1.11. The number of hydrogen-bond donors (Lipinski definition) is 2. The summed E-state index contributed by atoms with van der Waals surface area (Å²) in [6.07, 6.45) is 0.545. The SMILES string of the molecule is O=C(O)c1cccc(C(=O)NCCCOc2ccc(Cl)cc2Cl)n1. The second-order valence-electron chi connectivity index (χ2n) is 4.75. The zero-order chi connectivity index (χ0) is 17.5. The third-order valence-corrected chi connectivity index (χ3v) is 3.49. The molecule has 0 aliphatic rings. The second-order valence-corrected chi connectivity index (χ2v) is 5.59. The molecule has 1 aromatic carbocycles. The highest BCUT2D eigenvalue weighted by molar-refractivity contribution is 6.35. The number of hydrogen-bond acceptors (Lipinski definition) is 4. The molecule has 2 N–H and O–H groups in total. The third-order valence-electron chi connectivity index (χ3n) is 2.96. The number of aromatic carboxylic acids is 1. The molecule has 0 fully saturated rings. The highest BCUT2D eigenvalue weighted by atomic mass is 35.5. The smallest absolute Gasteiger partial charge is 0.354 e. The van der Waals surface area contributed by atoms with E-state index in [4.69, 9.17) is 33.0 Å². The van der Waals surface area contributed by atoms with Gasteiger partial charge >= 0.3 is 5.97 Å². The van der Waals surface area contributed by atoms with Gasteiger partial charge in [-0.25, -0.2) is 9.78 Å². The van der Waals surface area contributed by atoms with Crippen molar-refractivity contribution in [1.29, 1.82) is 0 Å². The number of aromatic nitrogens is 1. The minimum absolute atomic E-state index is 0.0524. The fraction of sp³-hybridized carbons (Fsp3) is 0.188. The Hall–Kier alpha value is -2.31. The van der Waals surface area contributed by atoms with Crippen LogP contribution in [0, 0.1) is 0 Å². The lowest BCUT2D eigenvalue weighted by Gasteiger charge is -2.09. The predicted molar refractivity (Wildman–Crippen MR) is 90.1 cm³/mol. The maximum absolute atomic E-state index is 11.9. The van der Waals surface area contributed by atoms with Crippen LogP contribution in [0.3, 0.4) is 0 Å². The van der Waals surface area contributed by atoms with Gasteiger partial charge in [0, 0.05) is 11.6 Å². The van der Waals surface area contributed by atoms with Crippen molar-refractivity contribution in [2.24, 2.45) is 0 Å². The molecule has 0 unspecified atom stereocenters. The second kappa shape index (κ2) is 8.52. The number of carboxylic acid groups (broad SMARTS) is 1. The maximum atomic E-state index is 11.9. The lowest BCUT2D eigenvalue weighted by molar-refractivity contribution is 0.0690. The number of rotatable bonds is 7. The van der Waals surface area contributed by atoms with Crippen molar-refractivity contribution in [3.63, 3.8) is 0 Å². The first-order chi connectivity index (χ1) is 11.5. The van der Waals surface area contributed by atoms with Gasteiger partial charge in [-0.15, -0.1) is 0 Å². The Morgan fingerprint density at radius 3 is 2.62 bits per heavy atom. The monoisotopic (exact) mass is 368 g/mol. The van der Waals surface area contributed by atoms with E-state index in [0.717, 1.165) is 0 Å². The van der Waals surface area contributed by atoms with E-state index in [1.807, 2.05) is 0 Å². The highest BCUT2D eigenvalue weighted by Gasteiger charge is 2.10. The number of amides is 1.